The van der Waals surface area contributed by atoms with E-state index in [-0.39, 0.29) is 0 Å². The lowest BCUT2D eigenvalue weighted by Crippen LogP contribution is -2.09. The molecule has 9 rings (SSSR count). The van der Waals surface area contributed by atoms with Crippen LogP contribution in [0.25, 0.3) is 71.1 Å². The van der Waals surface area contributed by atoms with Crippen LogP contribution in [0.1, 0.15) is 0 Å². The second-order valence-electron chi connectivity index (χ2n) is 12.8. The van der Waals surface area contributed by atoms with Crippen LogP contribution in [-0.2, 0) is 0 Å². The van der Waals surface area contributed by atoms with Gasteiger partial charge in [-0.15, -0.1) is 0 Å². The molecule has 252 valence electrons. The maximum atomic E-state index is 7.79. The molecule has 0 N–H and O–H groups in total. The van der Waals surface area contributed by atoms with E-state index in [0.29, 0.717) is 34.2 Å². The molecule has 0 unspecified atom stereocenters. The summed E-state index contributed by atoms with van der Waals surface area (Å²) >= 11 is 0. The molecule has 0 aliphatic heterocycles. The summed E-state index contributed by atoms with van der Waals surface area (Å²) in [5, 5.41) is 2.33. The SMILES string of the molecule is [C-]#[N+]c1ccccc1-c1cc(-c2ccc(-n3c4ccccc4c4cc(N(c5ccccc5)c5ccccc5)ccc43)cc2)nc(-c2ccccc2[N+]#[C-])n1. The summed E-state index contributed by atoms with van der Waals surface area (Å²) in [4.78, 5) is 19.7. The summed E-state index contributed by atoms with van der Waals surface area (Å²) in [5.74, 6) is 0.441. The first-order valence-corrected chi connectivity index (χ1v) is 17.6. The highest BCUT2D eigenvalue weighted by atomic mass is 15.1. The van der Waals surface area contributed by atoms with E-state index in [1.54, 1.807) is 12.1 Å². The maximum absolute atomic E-state index is 7.79. The van der Waals surface area contributed by atoms with Gasteiger partial charge in [-0.2, -0.15) is 0 Å². The maximum Gasteiger partial charge on any atom is 0.198 e. The lowest BCUT2D eigenvalue weighted by molar-refractivity contribution is 1.17. The van der Waals surface area contributed by atoms with Gasteiger partial charge in [-0.05, 0) is 66.7 Å². The molecule has 6 heteroatoms. The summed E-state index contributed by atoms with van der Waals surface area (Å²) in [6.07, 6.45) is 0. The van der Waals surface area contributed by atoms with Gasteiger partial charge in [-0.25, -0.2) is 19.7 Å². The first kappa shape index (κ1) is 32.1. The second-order valence-corrected chi connectivity index (χ2v) is 12.8. The minimum atomic E-state index is 0.441. The van der Waals surface area contributed by atoms with E-state index >= 15 is 0 Å². The Hall–Kier alpha value is -7.80. The fourth-order valence-corrected chi connectivity index (χ4v) is 7.16. The van der Waals surface area contributed by atoms with Crippen LogP contribution in [0.5, 0.6) is 0 Å². The largest absolute Gasteiger partial charge is 0.310 e. The molecule has 0 aliphatic rings. The van der Waals surface area contributed by atoms with Crippen LogP contribution in [0.3, 0.4) is 0 Å². The van der Waals surface area contributed by atoms with Crippen molar-refractivity contribution >= 4 is 50.2 Å². The van der Waals surface area contributed by atoms with Gasteiger partial charge in [0.15, 0.2) is 11.4 Å². The van der Waals surface area contributed by atoms with Crippen molar-refractivity contribution in [1.82, 2.24) is 14.5 Å². The minimum absolute atomic E-state index is 0.441. The lowest BCUT2D eigenvalue weighted by Gasteiger charge is -2.25. The number of benzene rings is 7. The van der Waals surface area contributed by atoms with Gasteiger partial charge in [0, 0.05) is 50.2 Å². The molecular formula is C48H30N6. The number of aromatic nitrogens is 3. The number of anilines is 3. The highest BCUT2D eigenvalue weighted by Crippen LogP contribution is 2.40. The second kappa shape index (κ2) is 13.7. The molecule has 0 aliphatic carbocycles. The third-order valence-corrected chi connectivity index (χ3v) is 9.66. The Labute approximate surface area is 313 Å². The normalized spacial score (nSPS) is 10.9. The first-order valence-electron chi connectivity index (χ1n) is 17.6. The van der Waals surface area contributed by atoms with E-state index in [4.69, 9.17) is 23.1 Å². The zero-order valence-electron chi connectivity index (χ0n) is 29.0. The fourth-order valence-electron chi connectivity index (χ4n) is 7.16. The Morgan fingerprint density at radius 2 is 1.00 bits per heavy atom. The third-order valence-electron chi connectivity index (χ3n) is 9.66. The van der Waals surface area contributed by atoms with Crippen molar-refractivity contribution in [2.24, 2.45) is 0 Å². The number of hydrogen-bond acceptors (Lipinski definition) is 3. The summed E-state index contributed by atoms with van der Waals surface area (Å²) in [7, 11) is 0. The van der Waals surface area contributed by atoms with E-state index in [1.165, 1.54) is 5.39 Å². The van der Waals surface area contributed by atoms with Crippen molar-refractivity contribution in [3.8, 4) is 39.6 Å². The van der Waals surface area contributed by atoms with Crippen LogP contribution in [-0.4, -0.2) is 14.5 Å². The smallest absolute Gasteiger partial charge is 0.198 e. The van der Waals surface area contributed by atoms with Crippen LogP contribution < -0.4 is 4.90 Å². The Morgan fingerprint density at radius 1 is 0.444 bits per heavy atom. The molecule has 0 spiro atoms. The van der Waals surface area contributed by atoms with Gasteiger partial charge in [0.05, 0.1) is 35.6 Å². The topological polar surface area (TPSA) is 42.7 Å². The predicted molar refractivity (Wildman–Crippen MR) is 220 cm³/mol. The number of para-hydroxylation sites is 5. The van der Waals surface area contributed by atoms with Gasteiger partial charge in [0.2, 0.25) is 0 Å². The van der Waals surface area contributed by atoms with Crippen LogP contribution in [0, 0.1) is 13.1 Å². The lowest BCUT2D eigenvalue weighted by atomic mass is 10.0. The molecule has 0 bridgehead atoms. The number of nitrogens with zero attached hydrogens (tertiary/aromatic N) is 6. The standard InChI is InChI=1S/C48H30N6/c1-49-42-22-12-9-20-39(42)45-32-44(51-48(52-45)40-21-10-13-23-43(40)50-2)33-25-27-36(28-26-33)54-46-24-14-11-19-38(46)41-31-37(29-30-47(41)54)53(34-15-5-3-6-16-34)35-17-7-4-8-18-35/h3-32H. The quantitative estimate of drug-likeness (QED) is 0.156. The van der Waals surface area contributed by atoms with Crippen LogP contribution in [0.15, 0.2) is 182 Å². The zero-order valence-corrected chi connectivity index (χ0v) is 29.0. The van der Waals surface area contributed by atoms with Gasteiger partial charge < -0.3 is 9.47 Å². The Morgan fingerprint density at radius 3 is 1.69 bits per heavy atom. The van der Waals surface area contributed by atoms with Crippen LogP contribution in [0.2, 0.25) is 0 Å². The zero-order chi connectivity index (χ0) is 36.4. The molecular weight excluding hydrogens is 661 g/mol. The Bertz CT molecular complexity index is 2780. The van der Waals surface area contributed by atoms with Crippen molar-refractivity contribution in [3.05, 3.63) is 205 Å². The molecule has 2 heterocycles. The highest BCUT2D eigenvalue weighted by Gasteiger charge is 2.18. The summed E-state index contributed by atoms with van der Waals surface area (Å²) < 4.78 is 2.31. The van der Waals surface area contributed by atoms with Crippen molar-refractivity contribution in [2.45, 2.75) is 0 Å². The average molecular weight is 691 g/mol. The average Bonchev–Trinajstić information content (AvgIpc) is 3.58. The van der Waals surface area contributed by atoms with Gasteiger partial charge >= 0.3 is 0 Å². The molecule has 0 amide bonds. The Kier molecular flexibility index (Phi) is 8.17. The molecule has 9 aromatic rings. The van der Waals surface area contributed by atoms with Crippen molar-refractivity contribution in [2.75, 3.05) is 4.90 Å². The number of hydrogen-bond donors (Lipinski definition) is 0. The van der Waals surface area contributed by atoms with Crippen LogP contribution >= 0.6 is 0 Å². The summed E-state index contributed by atoms with van der Waals surface area (Å²) in [5.41, 5.74) is 11.1. The molecule has 0 radical (unpaired) electrons. The molecule has 0 fully saturated rings. The van der Waals surface area contributed by atoms with Crippen molar-refractivity contribution in [1.29, 1.82) is 0 Å². The molecule has 0 saturated carbocycles. The van der Waals surface area contributed by atoms with Gasteiger partial charge in [-0.3, -0.25) is 0 Å². The van der Waals surface area contributed by atoms with E-state index in [0.717, 1.165) is 50.3 Å². The summed E-state index contributed by atoms with van der Waals surface area (Å²) in [6, 6.07) is 61.3. The third kappa shape index (κ3) is 5.71. The van der Waals surface area contributed by atoms with Crippen LogP contribution in [0.4, 0.5) is 28.4 Å². The van der Waals surface area contributed by atoms with E-state index < -0.39 is 0 Å². The van der Waals surface area contributed by atoms with Gasteiger partial charge in [-0.1, -0.05) is 115 Å². The Balaban J connectivity index is 1.17. The predicted octanol–water partition coefficient (Wildman–Crippen LogP) is 13.1. The van der Waals surface area contributed by atoms with E-state index in [9.17, 15) is 0 Å². The van der Waals surface area contributed by atoms with Gasteiger partial charge in [0.1, 0.15) is 5.82 Å². The van der Waals surface area contributed by atoms with Crippen molar-refractivity contribution in [3.63, 3.8) is 0 Å². The number of fused-ring (bicyclic) bond motifs is 3. The first-order chi connectivity index (χ1) is 26.7. The highest BCUT2D eigenvalue weighted by molar-refractivity contribution is 6.10. The molecule has 6 nitrogen and oxygen atoms in total. The van der Waals surface area contributed by atoms with Crippen molar-refractivity contribution < 1.29 is 0 Å². The fraction of sp³-hybridized carbons (Fsp3) is 0. The molecule has 0 saturated heterocycles. The molecule has 7 aromatic carbocycles. The monoisotopic (exact) mass is 690 g/mol. The molecule has 2 aromatic heterocycles. The van der Waals surface area contributed by atoms with E-state index in [1.807, 2.05) is 54.6 Å². The molecule has 0 atom stereocenters. The van der Waals surface area contributed by atoms with Gasteiger partial charge in [0.25, 0.3) is 0 Å². The minimum Gasteiger partial charge on any atom is -0.310 e. The van der Waals surface area contributed by atoms with E-state index in [2.05, 4.69) is 134 Å². The number of rotatable bonds is 7. The molecule has 54 heavy (non-hydrogen) atoms. The summed E-state index contributed by atoms with van der Waals surface area (Å²) in [6.45, 7) is 15.6.